The summed E-state index contributed by atoms with van der Waals surface area (Å²) in [6, 6.07) is 11.4. The molecule has 0 heterocycles. The fourth-order valence-corrected chi connectivity index (χ4v) is 2.39. The fourth-order valence-electron chi connectivity index (χ4n) is 1.63. The number of nitrogens with one attached hydrogen (secondary N) is 1. The number of carboxylic acids is 1. The Balaban J connectivity index is 2.32. The van der Waals surface area contributed by atoms with Crippen molar-refractivity contribution in [3.63, 3.8) is 0 Å². The van der Waals surface area contributed by atoms with Crippen molar-refractivity contribution in [3.05, 3.63) is 62.5 Å². The molecular formula is C14H9Br2NO3. The van der Waals surface area contributed by atoms with Crippen molar-refractivity contribution in [1.29, 1.82) is 0 Å². The summed E-state index contributed by atoms with van der Waals surface area (Å²) in [7, 11) is 0. The zero-order valence-electron chi connectivity index (χ0n) is 10.1. The summed E-state index contributed by atoms with van der Waals surface area (Å²) in [5, 5.41) is 11.7. The van der Waals surface area contributed by atoms with Gasteiger partial charge in [0.15, 0.2) is 0 Å². The highest BCUT2D eigenvalue weighted by molar-refractivity contribution is 9.10. The maximum atomic E-state index is 12.1. The molecule has 0 radical (unpaired) electrons. The Bertz CT molecular complexity index is 686. The first-order chi connectivity index (χ1) is 9.47. The van der Waals surface area contributed by atoms with Crippen LogP contribution in [0.25, 0.3) is 0 Å². The van der Waals surface area contributed by atoms with Crippen molar-refractivity contribution >= 4 is 49.4 Å². The Morgan fingerprint density at radius 3 is 2.35 bits per heavy atom. The number of rotatable bonds is 3. The van der Waals surface area contributed by atoms with Crippen LogP contribution >= 0.6 is 31.9 Å². The van der Waals surface area contributed by atoms with E-state index < -0.39 is 5.97 Å². The van der Waals surface area contributed by atoms with Crippen LogP contribution in [-0.4, -0.2) is 17.0 Å². The lowest BCUT2D eigenvalue weighted by Crippen LogP contribution is -2.14. The Kier molecular flexibility index (Phi) is 4.57. The Morgan fingerprint density at radius 1 is 1.00 bits per heavy atom. The van der Waals surface area contributed by atoms with Gasteiger partial charge in [0.25, 0.3) is 5.91 Å². The van der Waals surface area contributed by atoms with Crippen LogP contribution in [0.1, 0.15) is 20.7 Å². The number of carbonyl (C=O) groups excluding carboxylic acids is 1. The molecule has 102 valence electrons. The Labute approximate surface area is 132 Å². The van der Waals surface area contributed by atoms with Gasteiger partial charge in [-0.1, -0.05) is 37.9 Å². The molecule has 0 fully saturated rings. The van der Waals surface area contributed by atoms with Crippen LogP contribution in [0.15, 0.2) is 51.4 Å². The normalized spacial score (nSPS) is 10.1. The molecule has 20 heavy (non-hydrogen) atoms. The summed E-state index contributed by atoms with van der Waals surface area (Å²) < 4.78 is 1.46. The molecule has 2 aromatic carbocycles. The number of carboxylic acid groups (broad SMARTS) is 1. The molecule has 0 unspecified atom stereocenters. The largest absolute Gasteiger partial charge is 0.478 e. The first-order valence-electron chi connectivity index (χ1n) is 5.57. The van der Waals surface area contributed by atoms with E-state index in [4.69, 9.17) is 5.11 Å². The highest BCUT2D eigenvalue weighted by Gasteiger charge is 2.14. The topological polar surface area (TPSA) is 66.4 Å². The van der Waals surface area contributed by atoms with E-state index in [0.29, 0.717) is 10.0 Å². The number of hydrogen-bond donors (Lipinski definition) is 2. The molecule has 2 N–H and O–H groups in total. The van der Waals surface area contributed by atoms with Gasteiger partial charge in [-0.25, -0.2) is 4.79 Å². The van der Waals surface area contributed by atoms with Gasteiger partial charge in [0.1, 0.15) is 0 Å². The summed E-state index contributed by atoms with van der Waals surface area (Å²) in [4.78, 5) is 23.2. The monoisotopic (exact) mass is 397 g/mol. The van der Waals surface area contributed by atoms with Gasteiger partial charge in [-0.05, 0) is 36.4 Å². The van der Waals surface area contributed by atoms with Gasteiger partial charge in [0.05, 0.1) is 11.3 Å². The molecule has 0 atom stereocenters. The smallest absolute Gasteiger partial charge is 0.337 e. The number of aromatic carboxylic acids is 1. The van der Waals surface area contributed by atoms with Crippen molar-refractivity contribution in [3.8, 4) is 0 Å². The van der Waals surface area contributed by atoms with E-state index in [1.165, 1.54) is 6.07 Å². The second kappa shape index (κ2) is 6.19. The third kappa shape index (κ3) is 3.46. The molecule has 1 amide bonds. The minimum atomic E-state index is -1.10. The predicted molar refractivity (Wildman–Crippen MR) is 83.2 cm³/mol. The third-order valence-electron chi connectivity index (χ3n) is 2.55. The Morgan fingerprint density at radius 2 is 1.70 bits per heavy atom. The van der Waals surface area contributed by atoms with Crippen LogP contribution in [0, 0.1) is 0 Å². The molecule has 4 nitrogen and oxygen atoms in total. The molecule has 0 saturated heterocycles. The van der Waals surface area contributed by atoms with Crippen LogP contribution in [0.5, 0.6) is 0 Å². The summed E-state index contributed by atoms with van der Waals surface area (Å²) in [5.74, 6) is -1.46. The molecular weight excluding hydrogens is 390 g/mol. The summed E-state index contributed by atoms with van der Waals surface area (Å²) in [6.07, 6.45) is 0. The van der Waals surface area contributed by atoms with Crippen molar-refractivity contribution in [1.82, 2.24) is 0 Å². The third-order valence-corrected chi connectivity index (χ3v) is 3.53. The predicted octanol–water partition coefficient (Wildman–Crippen LogP) is 4.16. The minimum absolute atomic E-state index is 0.0385. The first kappa shape index (κ1) is 14.7. The van der Waals surface area contributed by atoms with Gasteiger partial charge in [-0.2, -0.15) is 0 Å². The summed E-state index contributed by atoms with van der Waals surface area (Å²) in [6.45, 7) is 0. The maximum Gasteiger partial charge on any atom is 0.337 e. The molecule has 0 spiro atoms. The quantitative estimate of drug-likeness (QED) is 0.815. The molecule has 0 aliphatic rings. The van der Waals surface area contributed by atoms with Crippen LogP contribution in [-0.2, 0) is 0 Å². The average molecular weight is 399 g/mol. The van der Waals surface area contributed by atoms with E-state index in [2.05, 4.69) is 37.2 Å². The highest BCUT2D eigenvalue weighted by atomic mass is 79.9. The van der Waals surface area contributed by atoms with Crippen LogP contribution in [0.2, 0.25) is 0 Å². The summed E-state index contributed by atoms with van der Waals surface area (Å²) in [5.41, 5.74) is 0.726. The van der Waals surface area contributed by atoms with Gasteiger partial charge in [-0.3, -0.25) is 4.79 Å². The molecule has 0 aliphatic carbocycles. The van der Waals surface area contributed by atoms with Gasteiger partial charge in [-0.15, -0.1) is 0 Å². The van der Waals surface area contributed by atoms with E-state index in [0.717, 1.165) is 4.47 Å². The SMILES string of the molecule is O=C(Nc1cc(Br)ccc1C(=O)O)c1cccc(Br)c1. The minimum Gasteiger partial charge on any atom is -0.478 e. The second-order valence-corrected chi connectivity index (χ2v) is 5.79. The van der Waals surface area contributed by atoms with E-state index >= 15 is 0 Å². The van der Waals surface area contributed by atoms with Crippen molar-refractivity contribution in [2.45, 2.75) is 0 Å². The molecule has 2 aromatic rings. The number of hydrogen-bond acceptors (Lipinski definition) is 2. The van der Waals surface area contributed by atoms with Crippen molar-refractivity contribution in [2.75, 3.05) is 5.32 Å². The lowest BCUT2D eigenvalue weighted by Gasteiger charge is -2.09. The van der Waals surface area contributed by atoms with Crippen LogP contribution < -0.4 is 5.32 Å². The molecule has 0 aromatic heterocycles. The molecule has 0 aliphatic heterocycles. The highest BCUT2D eigenvalue weighted by Crippen LogP contribution is 2.22. The molecule has 6 heteroatoms. The van der Waals surface area contributed by atoms with Gasteiger partial charge in [0.2, 0.25) is 0 Å². The van der Waals surface area contributed by atoms with Crippen molar-refractivity contribution < 1.29 is 14.7 Å². The first-order valence-corrected chi connectivity index (χ1v) is 7.16. The number of amides is 1. The standard InChI is InChI=1S/C14H9Br2NO3/c15-9-3-1-2-8(6-9)13(18)17-12-7-10(16)4-5-11(12)14(19)20/h1-7H,(H,17,18)(H,19,20). The van der Waals surface area contributed by atoms with E-state index in [1.54, 1.807) is 36.4 Å². The number of halogens is 2. The Hall–Kier alpha value is -1.66. The lowest BCUT2D eigenvalue weighted by molar-refractivity contribution is 0.0698. The van der Waals surface area contributed by atoms with Crippen molar-refractivity contribution in [2.24, 2.45) is 0 Å². The zero-order chi connectivity index (χ0) is 14.7. The molecule has 0 bridgehead atoms. The lowest BCUT2D eigenvalue weighted by atomic mass is 10.1. The fraction of sp³-hybridized carbons (Fsp3) is 0. The van der Waals surface area contributed by atoms with Gasteiger partial charge < -0.3 is 10.4 Å². The number of carbonyl (C=O) groups is 2. The molecule has 2 rings (SSSR count). The second-order valence-electron chi connectivity index (χ2n) is 3.96. The van der Waals surface area contributed by atoms with E-state index in [-0.39, 0.29) is 17.2 Å². The molecule has 0 saturated carbocycles. The maximum absolute atomic E-state index is 12.1. The van der Waals surface area contributed by atoms with Gasteiger partial charge in [0, 0.05) is 14.5 Å². The number of benzene rings is 2. The van der Waals surface area contributed by atoms with E-state index in [1.807, 2.05) is 0 Å². The number of anilines is 1. The zero-order valence-corrected chi connectivity index (χ0v) is 13.2. The van der Waals surface area contributed by atoms with Gasteiger partial charge >= 0.3 is 5.97 Å². The van der Waals surface area contributed by atoms with Crippen LogP contribution in [0.3, 0.4) is 0 Å². The summed E-state index contributed by atoms with van der Waals surface area (Å²) >= 11 is 6.54. The van der Waals surface area contributed by atoms with E-state index in [9.17, 15) is 9.59 Å². The van der Waals surface area contributed by atoms with Crippen LogP contribution in [0.4, 0.5) is 5.69 Å². The average Bonchev–Trinajstić information content (AvgIpc) is 2.38.